The fourth-order valence-corrected chi connectivity index (χ4v) is 0.323. The lowest BCUT2D eigenvalue weighted by atomic mass is 10.4. The van der Waals surface area contributed by atoms with E-state index in [9.17, 15) is 26.3 Å². The van der Waals surface area contributed by atoms with Crippen molar-refractivity contribution in [2.45, 2.75) is 6.18 Å². The summed E-state index contributed by atoms with van der Waals surface area (Å²) >= 11 is 0. The Morgan fingerprint density at radius 1 is 1.15 bits per heavy atom. The van der Waals surface area contributed by atoms with Gasteiger partial charge in [0, 0.05) is 0 Å². The molecule has 0 atom stereocenters. The van der Waals surface area contributed by atoms with Gasteiger partial charge in [-0.25, -0.2) is 8.78 Å². The first-order chi connectivity index (χ1) is 5.80. The second-order valence-corrected chi connectivity index (χ2v) is 1.69. The van der Waals surface area contributed by atoms with E-state index in [-0.39, 0.29) is 0 Å². The van der Waals surface area contributed by atoms with E-state index < -0.39 is 29.9 Å². The van der Waals surface area contributed by atoms with Crippen LogP contribution < -0.4 is 5.26 Å². The summed E-state index contributed by atoms with van der Waals surface area (Å²) in [4.78, 5) is 2.59. The van der Waals surface area contributed by atoms with E-state index in [1.807, 2.05) is 0 Å². The third-order valence-corrected chi connectivity index (χ3v) is 0.803. The lowest BCUT2D eigenvalue weighted by molar-refractivity contribution is -0.665. The van der Waals surface area contributed by atoms with Crippen LogP contribution in [0, 0.1) is 0 Å². The Labute approximate surface area is 67.7 Å². The molecule has 0 aromatic heterocycles. The predicted molar refractivity (Wildman–Crippen MR) is 25.6 cm³/mol. The van der Waals surface area contributed by atoms with Crippen molar-refractivity contribution >= 4 is 0 Å². The smallest absolute Gasteiger partial charge is 0.446 e. The number of hydrogen-bond acceptors (Lipinski definition) is 2. The van der Waals surface area contributed by atoms with Gasteiger partial charge in [-0.3, -0.25) is 0 Å². The maximum absolute atomic E-state index is 12.0. The molecule has 0 bridgehead atoms. The number of allylic oxidation sites excluding steroid dienone is 3. The number of rotatable bonds is 2. The van der Waals surface area contributed by atoms with Gasteiger partial charge in [0.15, 0.2) is 5.83 Å². The molecule has 0 saturated heterocycles. The van der Waals surface area contributed by atoms with Gasteiger partial charge in [-0.15, -0.1) is 0 Å². The van der Waals surface area contributed by atoms with Crippen LogP contribution in [0.4, 0.5) is 26.3 Å². The predicted octanol–water partition coefficient (Wildman–Crippen LogP) is 1.80. The molecule has 0 fully saturated rings. The van der Waals surface area contributed by atoms with Crippen molar-refractivity contribution in [2.75, 3.05) is 0 Å². The van der Waals surface area contributed by atoms with E-state index in [4.69, 9.17) is 5.26 Å². The van der Waals surface area contributed by atoms with Crippen LogP contribution in [0.15, 0.2) is 23.7 Å². The van der Waals surface area contributed by atoms with Crippen LogP contribution in [-0.2, 0) is 4.89 Å². The van der Waals surface area contributed by atoms with Crippen molar-refractivity contribution < 1.29 is 36.5 Å². The molecule has 0 saturated carbocycles. The van der Waals surface area contributed by atoms with Gasteiger partial charge < -0.3 is 10.1 Å². The standard InChI is InChI=1S/C5H2F6O2/c6-2(1-13-12)3(7)4(8)5(9,10)11/h1,12H/p-1/b2-1-,4-3-. The zero-order valence-corrected chi connectivity index (χ0v) is 5.66. The van der Waals surface area contributed by atoms with Crippen LogP contribution >= 0.6 is 0 Å². The number of hydrogen-bond donors (Lipinski definition) is 0. The molecule has 0 radical (unpaired) electrons. The second kappa shape index (κ2) is 4.17. The summed E-state index contributed by atoms with van der Waals surface area (Å²) < 4.78 is 69.7. The molecule has 0 aliphatic rings. The average Bonchev–Trinajstić information content (AvgIpc) is 2.00. The van der Waals surface area contributed by atoms with Gasteiger partial charge >= 0.3 is 6.18 Å². The van der Waals surface area contributed by atoms with E-state index in [2.05, 4.69) is 4.89 Å². The molecule has 0 heterocycles. The van der Waals surface area contributed by atoms with Gasteiger partial charge in [-0.05, 0) is 0 Å². The molecule has 0 unspecified atom stereocenters. The molecule has 8 heteroatoms. The van der Waals surface area contributed by atoms with E-state index in [0.717, 1.165) is 0 Å². The van der Waals surface area contributed by atoms with Gasteiger partial charge in [0.05, 0.1) is 0 Å². The highest BCUT2D eigenvalue weighted by atomic mass is 19.4. The Morgan fingerprint density at radius 2 is 1.62 bits per heavy atom. The molecular formula is C5HF6O2-. The fourth-order valence-electron chi connectivity index (χ4n) is 0.323. The molecule has 0 spiro atoms. The Kier molecular flexibility index (Phi) is 3.79. The van der Waals surface area contributed by atoms with Gasteiger partial charge in [0.1, 0.15) is 6.26 Å². The van der Waals surface area contributed by atoms with Crippen molar-refractivity contribution in [3.05, 3.63) is 23.7 Å². The maximum Gasteiger partial charge on any atom is 0.446 e. The van der Waals surface area contributed by atoms with Crippen LogP contribution in [0.3, 0.4) is 0 Å². The Balaban J connectivity index is 4.93. The highest BCUT2D eigenvalue weighted by molar-refractivity contribution is 5.22. The first kappa shape index (κ1) is 11.8. The Bertz CT molecular complexity index is 240. The molecule has 0 aromatic rings. The molecule has 0 aliphatic heterocycles. The monoisotopic (exact) mass is 207 g/mol. The Morgan fingerprint density at radius 3 is 1.92 bits per heavy atom. The molecule has 0 rings (SSSR count). The van der Waals surface area contributed by atoms with Crippen molar-refractivity contribution in [1.82, 2.24) is 0 Å². The van der Waals surface area contributed by atoms with E-state index in [0.29, 0.717) is 0 Å². The van der Waals surface area contributed by atoms with Crippen LogP contribution in [0.5, 0.6) is 0 Å². The van der Waals surface area contributed by atoms with Gasteiger partial charge in [-0.1, -0.05) is 0 Å². The molecule has 2 nitrogen and oxygen atoms in total. The number of halogens is 6. The Hall–Kier alpha value is -1.18. The van der Waals surface area contributed by atoms with Crippen LogP contribution in [0.25, 0.3) is 0 Å². The van der Waals surface area contributed by atoms with Gasteiger partial charge in [0.25, 0.3) is 0 Å². The highest BCUT2D eigenvalue weighted by Gasteiger charge is 2.39. The summed E-state index contributed by atoms with van der Waals surface area (Å²) in [5.41, 5.74) is 0. The second-order valence-electron chi connectivity index (χ2n) is 1.69. The minimum Gasteiger partial charge on any atom is -0.664 e. The number of alkyl halides is 3. The summed E-state index contributed by atoms with van der Waals surface area (Å²) in [6.07, 6.45) is -6.18. The van der Waals surface area contributed by atoms with Gasteiger partial charge in [-0.2, -0.15) is 17.6 Å². The molecule has 0 N–H and O–H groups in total. The minimum atomic E-state index is -5.64. The normalized spacial score (nSPS) is 15.5. The third kappa shape index (κ3) is 3.36. The maximum atomic E-state index is 12.0. The quantitative estimate of drug-likeness (QED) is 0.227. The molecule has 13 heavy (non-hydrogen) atoms. The summed E-state index contributed by atoms with van der Waals surface area (Å²) in [7, 11) is 0. The zero-order chi connectivity index (χ0) is 10.6. The van der Waals surface area contributed by atoms with Crippen molar-refractivity contribution in [3.63, 3.8) is 0 Å². The molecule has 0 aliphatic carbocycles. The van der Waals surface area contributed by atoms with Crippen molar-refractivity contribution in [1.29, 1.82) is 0 Å². The summed E-state index contributed by atoms with van der Waals surface area (Å²) in [6, 6.07) is 0. The van der Waals surface area contributed by atoms with Gasteiger partial charge in [0.2, 0.25) is 11.7 Å². The highest BCUT2D eigenvalue weighted by Crippen LogP contribution is 2.32. The van der Waals surface area contributed by atoms with Crippen LogP contribution in [0.1, 0.15) is 0 Å². The fraction of sp³-hybridized carbons (Fsp3) is 0.200. The molecular weight excluding hydrogens is 206 g/mol. The molecule has 0 amide bonds. The summed E-state index contributed by atoms with van der Waals surface area (Å²) in [5, 5.41) is 9.11. The lowest BCUT2D eigenvalue weighted by Gasteiger charge is -2.04. The molecule has 76 valence electrons. The van der Waals surface area contributed by atoms with E-state index in [1.54, 1.807) is 0 Å². The summed E-state index contributed by atoms with van der Waals surface area (Å²) in [6.45, 7) is 0. The minimum absolute atomic E-state index is 0.541. The SMILES string of the molecule is [O-]O/C=C(F)/C(F)=C(/F)C(F)(F)F. The van der Waals surface area contributed by atoms with Crippen molar-refractivity contribution in [2.24, 2.45) is 0 Å². The van der Waals surface area contributed by atoms with Crippen LogP contribution in [0.2, 0.25) is 0 Å². The summed E-state index contributed by atoms with van der Waals surface area (Å²) in [5.74, 6) is -8.47. The zero-order valence-electron chi connectivity index (χ0n) is 5.66. The topological polar surface area (TPSA) is 32.3 Å². The molecule has 0 aromatic carbocycles. The first-order valence-electron chi connectivity index (χ1n) is 2.57. The van der Waals surface area contributed by atoms with E-state index >= 15 is 0 Å². The van der Waals surface area contributed by atoms with Crippen LogP contribution in [-0.4, -0.2) is 6.18 Å². The largest absolute Gasteiger partial charge is 0.664 e. The average molecular weight is 207 g/mol. The van der Waals surface area contributed by atoms with E-state index in [1.165, 1.54) is 0 Å². The first-order valence-corrected chi connectivity index (χ1v) is 2.57. The lowest BCUT2D eigenvalue weighted by Crippen LogP contribution is -2.10. The third-order valence-electron chi connectivity index (χ3n) is 0.803. The van der Waals surface area contributed by atoms with Crippen molar-refractivity contribution in [3.8, 4) is 0 Å².